The first-order valence-electron chi connectivity index (χ1n) is 15.9. The van der Waals surface area contributed by atoms with Crippen molar-refractivity contribution in [3.05, 3.63) is 138 Å². The van der Waals surface area contributed by atoms with Gasteiger partial charge in [-0.25, -0.2) is 0 Å². The molecule has 0 saturated carbocycles. The largest absolute Gasteiger partial charge is 0.500 e. The van der Waals surface area contributed by atoms with Gasteiger partial charge in [0.05, 0.1) is 13.7 Å². The molecular weight excluding hydrogens is 769 g/mol. The zero-order valence-electron chi connectivity index (χ0n) is 28.1. The molecule has 0 aliphatic carbocycles. The number of fused-ring (bicyclic) bond motifs is 3. The Morgan fingerprint density at radius 2 is 1.43 bits per heavy atom. The topological polar surface area (TPSA) is 38.9 Å². The van der Waals surface area contributed by atoms with Crippen molar-refractivity contribution in [1.82, 2.24) is 9.97 Å². The Bertz CT molecular complexity index is 2130. The van der Waals surface area contributed by atoms with E-state index in [0.29, 0.717) is 5.92 Å². The van der Waals surface area contributed by atoms with Crippen LogP contribution in [0.3, 0.4) is 0 Å². The number of hydrogen-bond acceptors (Lipinski definition) is 3. The predicted molar refractivity (Wildman–Crippen MR) is 196 cm³/mol. The number of benzene rings is 4. The minimum absolute atomic E-state index is 0. The van der Waals surface area contributed by atoms with Gasteiger partial charge in [-0.1, -0.05) is 104 Å². The van der Waals surface area contributed by atoms with E-state index in [9.17, 15) is 0 Å². The van der Waals surface area contributed by atoms with Crippen molar-refractivity contribution >= 4 is 35.2 Å². The molecule has 0 fully saturated rings. The van der Waals surface area contributed by atoms with Crippen molar-refractivity contribution in [1.29, 1.82) is 0 Å². The van der Waals surface area contributed by atoms with Gasteiger partial charge in [0.1, 0.15) is 5.58 Å². The molecule has 0 atom stereocenters. The molecule has 0 unspecified atom stereocenters. The second kappa shape index (κ2) is 14.3. The van der Waals surface area contributed by atoms with Gasteiger partial charge in [0.2, 0.25) is 0 Å². The van der Waals surface area contributed by atoms with Crippen molar-refractivity contribution in [3.63, 3.8) is 0 Å². The fourth-order valence-electron chi connectivity index (χ4n) is 5.75. The van der Waals surface area contributed by atoms with Gasteiger partial charge < -0.3 is 14.4 Å². The minimum atomic E-state index is -1.34. The summed E-state index contributed by atoms with van der Waals surface area (Å²) in [5, 5.41) is 3.68. The van der Waals surface area contributed by atoms with Crippen LogP contribution in [-0.4, -0.2) is 18.0 Å². The molecule has 0 spiro atoms. The summed E-state index contributed by atoms with van der Waals surface area (Å²) in [6.07, 6.45) is 3.93. The van der Waals surface area contributed by atoms with Gasteiger partial charge in [0, 0.05) is 37.9 Å². The first kappa shape index (κ1) is 34.2. The maximum Gasteiger partial charge on any atom is 0.121 e. The van der Waals surface area contributed by atoms with E-state index in [0.717, 1.165) is 50.0 Å². The third kappa shape index (κ3) is 7.71. The Labute approximate surface area is 293 Å². The summed E-state index contributed by atoms with van der Waals surface area (Å²) in [6.45, 7) is 15.8. The van der Waals surface area contributed by atoms with Crippen LogP contribution in [0.25, 0.3) is 55.6 Å². The van der Waals surface area contributed by atoms with Gasteiger partial charge in [-0.15, -0.1) is 59.7 Å². The molecule has 4 aromatic carbocycles. The number of furan rings is 1. The minimum Gasteiger partial charge on any atom is -0.500 e. The number of nitrogens with zero attached hydrogens (tertiary/aromatic N) is 2. The van der Waals surface area contributed by atoms with Crippen LogP contribution in [-0.2, 0) is 20.1 Å². The van der Waals surface area contributed by atoms with E-state index in [1.165, 1.54) is 27.4 Å². The van der Waals surface area contributed by atoms with Crippen LogP contribution in [0.5, 0.6) is 0 Å². The van der Waals surface area contributed by atoms with Crippen LogP contribution in [0.15, 0.2) is 114 Å². The van der Waals surface area contributed by atoms with Gasteiger partial charge in [0.25, 0.3) is 0 Å². The van der Waals surface area contributed by atoms with E-state index >= 15 is 0 Å². The molecule has 0 N–H and O–H groups in total. The first-order valence-corrected chi connectivity index (χ1v) is 19.4. The van der Waals surface area contributed by atoms with E-state index < -0.39 is 8.07 Å². The number of pyridine rings is 2. The predicted octanol–water partition coefficient (Wildman–Crippen LogP) is 10.9. The van der Waals surface area contributed by atoms with Crippen LogP contribution in [0, 0.1) is 26.0 Å². The molecular formula is C42H40IrN2OSi-2. The van der Waals surface area contributed by atoms with E-state index in [1.807, 2.05) is 36.5 Å². The summed E-state index contributed by atoms with van der Waals surface area (Å²) in [6, 6.07) is 40.0. The second-order valence-electron chi connectivity index (χ2n) is 13.4. The molecule has 0 aliphatic rings. The van der Waals surface area contributed by atoms with E-state index in [4.69, 9.17) is 4.42 Å². The molecule has 5 heteroatoms. The van der Waals surface area contributed by atoms with E-state index in [-0.39, 0.29) is 20.1 Å². The fourth-order valence-corrected chi connectivity index (χ4v) is 7.43. The molecule has 0 saturated heterocycles. The van der Waals surface area contributed by atoms with Crippen LogP contribution in [0.2, 0.25) is 19.6 Å². The maximum absolute atomic E-state index is 6.10. The average molecular weight is 809 g/mol. The summed E-state index contributed by atoms with van der Waals surface area (Å²) in [7, 11) is -1.34. The quantitative estimate of drug-likeness (QED) is 0.128. The molecule has 3 nitrogen and oxygen atoms in total. The van der Waals surface area contributed by atoms with Crippen LogP contribution >= 0.6 is 0 Å². The maximum atomic E-state index is 6.10. The van der Waals surface area contributed by atoms with Gasteiger partial charge in [-0.3, -0.25) is 0 Å². The van der Waals surface area contributed by atoms with Gasteiger partial charge in [-0.2, -0.15) is 0 Å². The molecule has 7 aromatic rings. The molecule has 0 amide bonds. The molecule has 1 radical (unpaired) electrons. The normalized spacial score (nSPS) is 11.3. The second-order valence-corrected chi connectivity index (χ2v) is 18.4. The fraction of sp³-hybridized carbons (Fsp3) is 0.190. The molecule has 3 heterocycles. The summed E-state index contributed by atoms with van der Waals surface area (Å²) in [4.78, 5) is 9.14. The zero-order chi connectivity index (χ0) is 32.4. The standard InChI is InChI=1S/C25H18NO.C17H22NSi.Ir/c1-16-3-5-18(6-4-16)19-7-9-21-22-14-20(23-13-17(2)11-12-26-23)8-10-24(22)27-25(21)15-19;1-13(2)15-11-16(14-9-7-6-8-10-14)18-12-17(15)19(3,4)5;/h3-7,9-15H,1-2H3;6-9,11-13H,1-5H3;/q2*-1;. The third-order valence-electron chi connectivity index (χ3n) is 8.33. The Balaban J connectivity index is 0.000000192. The molecule has 239 valence electrons. The van der Waals surface area contributed by atoms with E-state index in [1.54, 1.807) is 0 Å². The van der Waals surface area contributed by atoms with Crippen molar-refractivity contribution in [2.45, 2.75) is 53.3 Å². The zero-order valence-corrected chi connectivity index (χ0v) is 31.5. The molecule has 47 heavy (non-hydrogen) atoms. The van der Waals surface area contributed by atoms with Crippen molar-refractivity contribution in [3.8, 4) is 33.6 Å². The molecule has 3 aromatic heterocycles. The summed E-state index contributed by atoms with van der Waals surface area (Å²) in [5.74, 6) is 0.534. The average Bonchev–Trinajstić information content (AvgIpc) is 3.42. The SMILES string of the molecule is CC(C)c1cc(-c2[c-]cccc2)ncc1[Si](C)(C)C.Cc1ccc(-c2ccc3c(c2)oc2c[c-]c(-c4cc(C)ccn4)cc23)cc1.[Ir]. The number of aromatic nitrogens is 2. The number of rotatable bonds is 5. The smallest absolute Gasteiger partial charge is 0.121 e. The Morgan fingerprint density at radius 1 is 0.681 bits per heavy atom. The van der Waals surface area contributed by atoms with E-state index in [2.05, 4.69) is 142 Å². The number of aryl methyl sites for hydroxylation is 2. The monoisotopic (exact) mass is 809 g/mol. The Kier molecular flexibility index (Phi) is 10.4. The first-order chi connectivity index (χ1) is 22.1. The molecule has 7 rings (SSSR count). The van der Waals surface area contributed by atoms with Crippen LogP contribution < -0.4 is 5.19 Å². The van der Waals surface area contributed by atoms with Crippen LogP contribution in [0.1, 0.15) is 36.5 Å². The summed E-state index contributed by atoms with van der Waals surface area (Å²) < 4.78 is 6.10. The third-order valence-corrected chi connectivity index (χ3v) is 10.4. The van der Waals surface area contributed by atoms with Crippen molar-refractivity contribution < 1.29 is 24.5 Å². The van der Waals surface area contributed by atoms with Crippen molar-refractivity contribution in [2.75, 3.05) is 0 Å². The molecule has 0 aliphatic heterocycles. The van der Waals surface area contributed by atoms with Crippen LogP contribution in [0.4, 0.5) is 0 Å². The summed E-state index contributed by atoms with van der Waals surface area (Å²) in [5.41, 5.74) is 12.0. The van der Waals surface area contributed by atoms with Gasteiger partial charge in [0.15, 0.2) is 0 Å². The summed E-state index contributed by atoms with van der Waals surface area (Å²) >= 11 is 0. The Morgan fingerprint density at radius 3 is 2.11 bits per heavy atom. The van der Waals surface area contributed by atoms with Crippen molar-refractivity contribution in [2.24, 2.45) is 0 Å². The molecule has 0 bridgehead atoms. The van der Waals surface area contributed by atoms with Gasteiger partial charge >= 0.3 is 0 Å². The Hall–Kier alpha value is -4.15. The number of hydrogen-bond donors (Lipinski definition) is 0. The van der Waals surface area contributed by atoms with Gasteiger partial charge in [-0.05, 0) is 59.6 Å².